The molecule has 1 N–H and O–H groups in total. The number of aromatic nitrogens is 2. The van der Waals surface area contributed by atoms with Crippen molar-refractivity contribution >= 4 is 6.21 Å². The summed E-state index contributed by atoms with van der Waals surface area (Å²) < 4.78 is 6.11. The summed E-state index contributed by atoms with van der Waals surface area (Å²) in [5.74, 6) is 1.14. The van der Waals surface area contributed by atoms with Crippen LogP contribution in [0.5, 0.6) is 5.88 Å². The Labute approximate surface area is 168 Å². The van der Waals surface area contributed by atoms with Crippen LogP contribution in [-0.2, 0) is 6.42 Å². The third-order valence-electron chi connectivity index (χ3n) is 4.18. The maximum absolute atomic E-state index is 6.11. The van der Waals surface area contributed by atoms with E-state index in [0.717, 1.165) is 48.4 Å². The molecule has 0 unspecified atom stereocenters. The quantitative estimate of drug-likeness (QED) is 0.385. The minimum Gasteiger partial charge on any atom is -0.435 e. The first-order valence-corrected chi connectivity index (χ1v) is 9.72. The first-order chi connectivity index (χ1) is 13.6. The van der Waals surface area contributed by atoms with E-state index in [2.05, 4.69) is 52.1 Å². The van der Waals surface area contributed by atoms with Crippen LogP contribution in [0, 0.1) is 6.92 Å². The third-order valence-corrected chi connectivity index (χ3v) is 4.18. The second kappa shape index (κ2) is 11.2. The number of hydrogen-bond donors (Lipinski definition) is 1. The average molecular weight is 382 g/mol. The lowest BCUT2D eigenvalue weighted by molar-refractivity contribution is 0.321. The smallest absolute Gasteiger partial charge is 0.227 e. The fourth-order valence-corrected chi connectivity index (χ4v) is 2.88. The molecule has 150 valence electrons. The van der Waals surface area contributed by atoms with E-state index in [-0.39, 0.29) is 0 Å². The van der Waals surface area contributed by atoms with Crippen LogP contribution in [0.4, 0.5) is 0 Å². The Hall–Kier alpha value is -2.73. The van der Waals surface area contributed by atoms with Crippen LogP contribution >= 0.6 is 0 Å². The number of rotatable bonds is 10. The van der Waals surface area contributed by atoms with Crippen molar-refractivity contribution in [2.24, 2.45) is 4.99 Å². The number of nitrogens with zero attached hydrogens (tertiary/aromatic N) is 4. The van der Waals surface area contributed by atoms with Crippen LogP contribution in [0.2, 0.25) is 0 Å². The van der Waals surface area contributed by atoms with Crippen LogP contribution in [0.3, 0.4) is 0 Å². The number of pyridine rings is 2. The van der Waals surface area contributed by atoms with Gasteiger partial charge in [-0.1, -0.05) is 13.8 Å². The molecule has 0 amide bonds. The van der Waals surface area contributed by atoms with E-state index in [1.807, 2.05) is 31.5 Å². The van der Waals surface area contributed by atoms with Crippen molar-refractivity contribution in [2.75, 3.05) is 27.3 Å². The van der Waals surface area contributed by atoms with Gasteiger partial charge in [-0.25, -0.2) is 4.98 Å². The molecule has 0 radical (unpaired) electrons. The van der Waals surface area contributed by atoms with E-state index < -0.39 is 0 Å². The molecule has 0 atom stereocenters. The summed E-state index contributed by atoms with van der Waals surface area (Å²) in [5.41, 5.74) is 4.11. The summed E-state index contributed by atoms with van der Waals surface area (Å²) in [5, 5.41) is 3.27. The van der Waals surface area contributed by atoms with Crippen molar-refractivity contribution in [2.45, 2.75) is 33.6 Å². The average Bonchev–Trinajstić information content (AvgIpc) is 2.68. The Morgan fingerprint density at radius 3 is 2.82 bits per heavy atom. The molecule has 6 heteroatoms. The lowest BCUT2D eigenvalue weighted by Crippen LogP contribution is -2.29. The Morgan fingerprint density at radius 1 is 1.29 bits per heavy atom. The van der Waals surface area contributed by atoms with Gasteiger partial charge in [0.05, 0.1) is 12.9 Å². The van der Waals surface area contributed by atoms with Gasteiger partial charge < -0.3 is 10.1 Å². The standard InChI is InChI=1S/C22H31N5O/c1-6-11-27(5)16-24-15-18(14-23-4)28-22-19(9-8-10-25-22)20-12-17(3)13-26-21(20)7-2/h8-10,12-15,24H,6-7,11,16H2,1-5H3. The molecule has 28 heavy (non-hydrogen) atoms. The normalized spacial score (nSPS) is 12.0. The van der Waals surface area contributed by atoms with Gasteiger partial charge >= 0.3 is 0 Å². The van der Waals surface area contributed by atoms with Gasteiger partial charge in [0.15, 0.2) is 5.76 Å². The van der Waals surface area contributed by atoms with Crippen molar-refractivity contribution in [1.82, 2.24) is 20.2 Å². The number of aliphatic imine (C=N–C) groups is 1. The summed E-state index contributed by atoms with van der Waals surface area (Å²) in [6, 6.07) is 6.06. The van der Waals surface area contributed by atoms with Crippen molar-refractivity contribution < 1.29 is 4.74 Å². The molecule has 0 aliphatic rings. The molecular formula is C22H31N5O. The maximum Gasteiger partial charge on any atom is 0.227 e. The van der Waals surface area contributed by atoms with Gasteiger partial charge in [-0.15, -0.1) is 0 Å². The molecular weight excluding hydrogens is 350 g/mol. The highest BCUT2D eigenvalue weighted by molar-refractivity contribution is 5.78. The molecule has 0 spiro atoms. The van der Waals surface area contributed by atoms with Gasteiger partial charge in [0.1, 0.15) is 0 Å². The zero-order chi connectivity index (χ0) is 20.4. The van der Waals surface area contributed by atoms with Crippen LogP contribution in [0.25, 0.3) is 11.1 Å². The van der Waals surface area contributed by atoms with Gasteiger partial charge in [0.25, 0.3) is 0 Å². The first-order valence-electron chi connectivity index (χ1n) is 9.72. The van der Waals surface area contributed by atoms with Crippen molar-refractivity contribution in [3.63, 3.8) is 0 Å². The molecule has 0 aliphatic carbocycles. The number of allylic oxidation sites excluding steroid dienone is 1. The molecule has 2 aromatic rings. The zero-order valence-corrected chi connectivity index (χ0v) is 17.6. The molecule has 0 saturated heterocycles. The third kappa shape index (κ3) is 6.16. The Bertz CT molecular complexity index is 816. The minimum absolute atomic E-state index is 0.541. The van der Waals surface area contributed by atoms with Gasteiger partial charge in [-0.2, -0.15) is 0 Å². The Morgan fingerprint density at radius 2 is 2.11 bits per heavy atom. The Balaban J connectivity index is 2.29. The van der Waals surface area contributed by atoms with Gasteiger partial charge in [0.2, 0.25) is 5.88 Å². The monoisotopic (exact) mass is 381 g/mol. The van der Waals surface area contributed by atoms with Crippen LogP contribution in [0.1, 0.15) is 31.5 Å². The van der Waals surface area contributed by atoms with Gasteiger partial charge in [-0.3, -0.25) is 14.9 Å². The molecule has 0 bridgehead atoms. The number of nitrogens with one attached hydrogen (secondary N) is 1. The molecule has 0 saturated carbocycles. The number of aryl methyl sites for hydroxylation is 2. The molecule has 0 aliphatic heterocycles. The minimum atomic E-state index is 0.541. The Kier molecular flexibility index (Phi) is 8.62. The SMILES string of the molecule is CCCN(C)CNC=C(C=NC)Oc1ncccc1-c1cc(C)cnc1CC. The predicted molar refractivity (Wildman–Crippen MR) is 116 cm³/mol. The van der Waals surface area contributed by atoms with Crippen molar-refractivity contribution in [3.8, 4) is 17.0 Å². The summed E-state index contributed by atoms with van der Waals surface area (Å²) in [6.07, 6.45) is 9.09. The summed E-state index contributed by atoms with van der Waals surface area (Å²) in [6.45, 7) is 8.07. The largest absolute Gasteiger partial charge is 0.435 e. The second-order valence-electron chi connectivity index (χ2n) is 6.69. The maximum atomic E-state index is 6.11. The van der Waals surface area contributed by atoms with E-state index in [0.29, 0.717) is 11.6 Å². The van der Waals surface area contributed by atoms with Crippen molar-refractivity contribution in [3.05, 3.63) is 53.8 Å². The molecule has 2 aromatic heterocycles. The van der Waals surface area contributed by atoms with Gasteiger partial charge in [-0.05, 0) is 57.1 Å². The summed E-state index contributed by atoms with van der Waals surface area (Å²) >= 11 is 0. The summed E-state index contributed by atoms with van der Waals surface area (Å²) in [7, 11) is 3.80. The van der Waals surface area contributed by atoms with E-state index in [1.165, 1.54) is 0 Å². The highest BCUT2D eigenvalue weighted by Gasteiger charge is 2.13. The molecule has 2 rings (SSSR count). The molecule has 0 fully saturated rings. The van der Waals surface area contributed by atoms with E-state index in [4.69, 9.17) is 4.74 Å². The second-order valence-corrected chi connectivity index (χ2v) is 6.69. The lowest BCUT2D eigenvalue weighted by Gasteiger charge is -2.16. The van der Waals surface area contributed by atoms with Crippen LogP contribution in [0.15, 0.2) is 47.5 Å². The van der Waals surface area contributed by atoms with Crippen LogP contribution in [-0.4, -0.2) is 48.4 Å². The van der Waals surface area contributed by atoms with E-state index >= 15 is 0 Å². The fourth-order valence-electron chi connectivity index (χ4n) is 2.88. The molecule has 0 aromatic carbocycles. The molecule has 6 nitrogen and oxygen atoms in total. The van der Waals surface area contributed by atoms with Crippen molar-refractivity contribution in [1.29, 1.82) is 0 Å². The highest BCUT2D eigenvalue weighted by Crippen LogP contribution is 2.31. The summed E-state index contributed by atoms with van der Waals surface area (Å²) in [4.78, 5) is 15.3. The lowest BCUT2D eigenvalue weighted by atomic mass is 10.0. The number of ether oxygens (including phenoxy) is 1. The van der Waals surface area contributed by atoms with E-state index in [9.17, 15) is 0 Å². The number of hydrogen-bond acceptors (Lipinski definition) is 6. The van der Waals surface area contributed by atoms with E-state index in [1.54, 1.807) is 19.5 Å². The predicted octanol–water partition coefficient (Wildman–Crippen LogP) is 3.82. The highest BCUT2D eigenvalue weighted by atomic mass is 16.5. The van der Waals surface area contributed by atoms with Crippen LogP contribution < -0.4 is 10.1 Å². The topological polar surface area (TPSA) is 62.6 Å². The fraction of sp³-hybridized carbons (Fsp3) is 0.409. The zero-order valence-electron chi connectivity index (χ0n) is 17.6. The van der Waals surface area contributed by atoms with Gasteiger partial charge in [0, 0.05) is 42.5 Å². The molecule has 2 heterocycles. The first kappa shape index (κ1) is 21.6.